The molecule has 0 fully saturated rings. The Kier molecular flexibility index (Phi) is 7.60. The van der Waals surface area contributed by atoms with Crippen LogP contribution in [-0.4, -0.2) is 64.7 Å². The van der Waals surface area contributed by atoms with Crippen LogP contribution in [0.5, 0.6) is 0 Å². The van der Waals surface area contributed by atoms with Crippen LogP contribution in [-0.2, 0) is 10.0 Å². The molecule has 34 heavy (non-hydrogen) atoms. The number of hydrogen-bond donors (Lipinski definition) is 0. The average Bonchev–Trinajstić information content (AvgIpc) is 3.23. The average molecular weight is 484 g/mol. The fourth-order valence-corrected chi connectivity index (χ4v) is 4.86. The quantitative estimate of drug-likeness (QED) is 0.246. The lowest BCUT2D eigenvalue weighted by Gasteiger charge is -2.24. The van der Waals surface area contributed by atoms with Crippen LogP contribution in [0, 0.1) is 28.4 Å². The van der Waals surface area contributed by atoms with Gasteiger partial charge in [-0.2, -0.15) is 28.3 Å². The number of nitrogens with zero attached hydrogens (tertiary/aromatic N) is 7. The van der Waals surface area contributed by atoms with Gasteiger partial charge >= 0.3 is 0 Å². The van der Waals surface area contributed by atoms with Crippen molar-refractivity contribution in [3.05, 3.63) is 69.5 Å². The smallest absolute Gasteiger partial charge is 0.279 e. The monoisotopic (exact) mass is 483 g/mol. The van der Waals surface area contributed by atoms with Crippen molar-refractivity contribution in [2.24, 2.45) is 5.10 Å². The Balaban J connectivity index is 2.05. The molecule has 0 aliphatic rings. The van der Waals surface area contributed by atoms with E-state index in [1.54, 1.807) is 29.8 Å². The van der Waals surface area contributed by atoms with Gasteiger partial charge in [-0.25, -0.2) is 4.52 Å². The molecule has 178 valence electrons. The van der Waals surface area contributed by atoms with Crippen molar-refractivity contribution in [3.63, 3.8) is 0 Å². The Morgan fingerprint density at radius 1 is 1.24 bits per heavy atom. The van der Waals surface area contributed by atoms with Crippen molar-refractivity contribution in [3.8, 4) is 6.07 Å². The highest BCUT2D eigenvalue weighted by Crippen LogP contribution is 2.25. The molecule has 0 N–H and O–H groups in total. The molecule has 0 radical (unpaired) electrons. The number of sulfonamides is 1. The predicted octanol–water partition coefficient (Wildman–Crippen LogP) is 2.79. The summed E-state index contributed by atoms with van der Waals surface area (Å²) in [7, 11) is -4.19. The number of nitro groups is 1. The van der Waals surface area contributed by atoms with Gasteiger partial charge in [0, 0.05) is 30.4 Å². The van der Waals surface area contributed by atoms with E-state index in [2.05, 4.69) is 16.3 Å². The van der Waals surface area contributed by atoms with Crippen LogP contribution < -0.4 is 0 Å². The number of aryl methyl sites for hydroxylation is 1. The number of fused-ring (bicyclic) bond motifs is 1. The van der Waals surface area contributed by atoms with Crippen LogP contribution in [0.3, 0.4) is 0 Å². The largest absolute Gasteiger partial charge is 0.302 e. The summed E-state index contributed by atoms with van der Waals surface area (Å²) >= 11 is 0. The van der Waals surface area contributed by atoms with Crippen molar-refractivity contribution in [2.45, 2.75) is 25.7 Å². The van der Waals surface area contributed by atoms with Gasteiger partial charge < -0.3 is 4.90 Å². The SMILES string of the molecule is CCN(CC)CCN(/N=C/c1cnn2ccc(C#N)cc12)S(=O)(=O)c1cc([N+](=O)[O-])ccc1C. The van der Waals surface area contributed by atoms with Crippen molar-refractivity contribution in [1.29, 1.82) is 5.26 Å². The molecule has 0 aliphatic heterocycles. The second-order valence-electron chi connectivity index (χ2n) is 7.49. The number of non-ortho nitro benzene ring substituents is 1. The van der Waals surface area contributed by atoms with Crippen molar-refractivity contribution in [2.75, 3.05) is 26.2 Å². The fourth-order valence-electron chi connectivity index (χ4n) is 3.40. The maximum Gasteiger partial charge on any atom is 0.279 e. The standard InChI is InChI=1S/C22H25N7O4S/c1-4-26(5-2)10-11-28(34(32,33)22-13-20(29(30)31)7-6-17(22)3)25-16-19-15-24-27-9-8-18(14-23)12-21(19)27/h6-9,12-13,15-16H,4-5,10-11H2,1-3H3/b25-16+. The summed E-state index contributed by atoms with van der Waals surface area (Å²) in [5.74, 6) is 0. The summed E-state index contributed by atoms with van der Waals surface area (Å²) in [6, 6.07) is 9.04. The predicted molar refractivity (Wildman–Crippen MR) is 127 cm³/mol. The van der Waals surface area contributed by atoms with E-state index in [4.69, 9.17) is 0 Å². The lowest BCUT2D eigenvalue weighted by molar-refractivity contribution is -0.385. The van der Waals surface area contributed by atoms with Gasteiger partial charge in [0.2, 0.25) is 0 Å². The summed E-state index contributed by atoms with van der Waals surface area (Å²) in [6.07, 6.45) is 4.52. The van der Waals surface area contributed by atoms with Crippen molar-refractivity contribution in [1.82, 2.24) is 18.9 Å². The number of hydrazone groups is 1. The van der Waals surface area contributed by atoms with Gasteiger partial charge in [-0.3, -0.25) is 10.1 Å². The number of nitriles is 1. The van der Waals surface area contributed by atoms with Crippen LogP contribution >= 0.6 is 0 Å². The van der Waals surface area contributed by atoms with Gasteiger partial charge in [-0.05, 0) is 37.7 Å². The van der Waals surface area contributed by atoms with E-state index < -0.39 is 14.9 Å². The molecule has 0 atom stereocenters. The molecule has 12 heteroatoms. The van der Waals surface area contributed by atoms with Gasteiger partial charge in [0.15, 0.2) is 0 Å². The molecule has 0 bridgehead atoms. The number of likely N-dealkylation sites (N-methyl/N-ethyl adjacent to an activating group) is 1. The van der Waals surface area contributed by atoms with Gasteiger partial charge in [0.25, 0.3) is 15.7 Å². The van der Waals surface area contributed by atoms with E-state index in [1.165, 1.54) is 24.5 Å². The lowest BCUT2D eigenvalue weighted by Crippen LogP contribution is -2.36. The first-order chi connectivity index (χ1) is 16.2. The second kappa shape index (κ2) is 10.4. The zero-order chi connectivity index (χ0) is 24.9. The Hall–Kier alpha value is -3.82. The molecule has 0 spiro atoms. The second-order valence-corrected chi connectivity index (χ2v) is 9.30. The van der Waals surface area contributed by atoms with E-state index in [-0.39, 0.29) is 17.1 Å². The Morgan fingerprint density at radius 3 is 2.62 bits per heavy atom. The first-order valence-electron chi connectivity index (χ1n) is 10.6. The van der Waals surface area contributed by atoms with Crippen molar-refractivity contribution < 1.29 is 13.3 Å². The minimum absolute atomic E-state index is 0.0469. The number of hydrogen-bond acceptors (Lipinski definition) is 8. The van der Waals surface area contributed by atoms with Crippen LogP contribution in [0.25, 0.3) is 5.52 Å². The molecule has 3 aromatic rings. The van der Waals surface area contributed by atoms with Crippen LogP contribution in [0.15, 0.2) is 52.7 Å². The maximum atomic E-state index is 13.5. The van der Waals surface area contributed by atoms with E-state index in [0.717, 1.165) is 23.6 Å². The molecule has 0 unspecified atom stereocenters. The summed E-state index contributed by atoms with van der Waals surface area (Å²) in [4.78, 5) is 12.5. The highest BCUT2D eigenvalue weighted by Gasteiger charge is 2.27. The third-order valence-corrected chi connectivity index (χ3v) is 7.27. The summed E-state index contributed by atoms with van der Waals surface area (Å²) < 4.78 is 29.6. The van der Waals surface area contributed by atoms with Gasteiger partial charge in [-0.15, -0.1) is 0 Å². The third kappa shape index (κ3) is 5.22. The third-order valence-electron chi connectivity index (χ3n) is 5.45. The topological polar surface area (TPSA) is 137 Å². The molecule has 11 nitrogen and oxygen atoms in total. The Labute approximate surface area is 197 Å². The normalized spacial score (nSPS) is 11.9. The minimum Gasteiger partial charge on any atom is -0.302 e. The van der Waals surface area contributed by atoms with E-state index in [1.807, 2.05) is 18.7 Å². The zero-order valence-corrected chi connectivity index (χ0v) is 19.9. The molecule has 2 aromatic heterocycles. The zero-order valence-electron chi connectivity index (χ0n) is 19.1. The number of benzene rings is 1. The molecule has 2 heterocycles. The summed E-state index contributed by atoms with van der Waals surface area (Å²) in [5, 5.41) is 28.9. The van der Waals surface area contributed by atoms with E-state index in [9.17, 15) is 23.8 Å². The van der Waals surface area contributed by atoms with Gasteiger partial charge in [0.1, 0.15) is 0 Å². The lowest BCUT2D eigenvalue weighted by atomic mass is 10.2. The first kappa shape index (κ1) is 24.8. The number of rotatable bonds is 10. The first-order valence-corrected chi connectivity index (χ1v) is 12.1. The highest BCUT2D eigenvalue weighted by atomic mass is 32.2. The molecule has 1 aromatic carbocycles. The molecule has 0 aliphatic carbocycles. The summed E-state index contributed by atoms with van der Waals surface area (Å²) in [5.41, 5.74) is 1.61. The molecular formula is C22H25N7O4S. The maximum absolute atomic E-state index is 13.5. The molecule has 0 saturated heterocycles. The molecule has 0 amide bonds. The van der Waals surface area contributed by atoms with Crippen molar-refractivity contribution >= 4 is 27.4 Å². The fraction of sp³-hybridized carbons (Fsp3) is 0.318. The number of nitro benzene ring substituents is 1. The van der Waals surface area contributed by atoms with Crippen LogP contribution in [0.4, 0.5) is 5.69 Å². The summed E-state index contributed by atoms with van der Waals surface area (Å²) in [6.45, 7) is 7.46. The Bertz CT molecular complexity index is 1370. The van der Waals surface area contributed by atoms with Crippen LogP contribution in [0.1, 0.15) is 30.5 Å². The molecule has 3 rings (SSSR count). The molecule has 0 saturated carbocycles. The minimum atomic E-state index is -4.19. The van der Waals surface area contributed by atoms with E-state index >= 15 is 0 Å². The van der Waals surface area contributed by atoms with Gasteiger partial charge in [0.05, 0.1) is 45.9 Å². The van der Waals surface area contributed by atoms with Gasteiger partial charge in [-0.1, -0.05) is 19.9 Å². The van der Waals surface area contributed by atoms with Crippen LogP contribution in [0.2, 0.25) is 0 Å². The number of aromatic nitrogens is 2. The molecular weight excluding hydrogens is 458 g/mol. The highest BCUT2D eigenvalue weighted by molar-refractivity contribution is 7.89. The Morgan fingerprint density at radius 2 is 1.97 bits per heavy atom. The number of pyridine rings is 1. The van der Waals surface area contributed by atoms with E-state index in [0.29, 0.717) is 28.8 Å².